The fourth-order valence-electron chi connectivity index (χ4n) is 3.55. The Kier molecular flexibility index (Phi) is 6.57. The van der Waals surface area contributed by atoms with Crippen molar-refractivity contribution in [2.24, 2.45) is 0 Å². The normalized spacial score (nSPS) is 13.5. The quantitative estimate of drug-likeness (QED) is 0.525. The van der Waals surface area contributed by atoms with Gasteiger partial charge in [0, 0.05) is 11.8 Å². The van der Waals surface area contributed by atoms with E-state index in [-0.39, 0.29) is 12.8 Å². The molecule has 0 amide bonds. The van der Waals surface area contributed by atoms with E-state index in [2.05, 4.69) is 4.98 Å². The Hall–Kier alpha value is -3.03. The lowest BCUT2D eigenvalue weighted by Crippen LogP contribution is -2.46. The zero-order valence-electron chi connectivity index (χ0n) is 17.7. The van der Waals surface area contributed by atoms with E-state index in [1.54, 1.807) is 17.0 Å². The van der Waals surface area contributed by atoms with Crippen LogP contribution in [0.4, 0.5) is 0 Å². The molecule has 1 heterocycles. The minimum Gasteiger partial charge on any atom is -0.481 e. The van der Waals surface area contributed by atoms with Crippen molar-refractivity contribution in [3.63, 3.8) is 0 Å². The van der Waals surface area contributed by atoms with Crippen molar-refractivity contribution < 1.29 is 24.5 Å². The monoisotopic (exact) mass is 439 g/mol. The number of ether oxygens (including phenoxy) is 1. The van der Waals surface area contributed by atoms with Crippen LogP contribution in [0, 0.1) is 0 Å². The second kappa shape index (κ2) is 8.99. The maximum Gasteiger partial charge on any atom is 0.342 e. The Bertz CT molecular complexity index is 1050. The van der Waals surface area contributed by atoms with Gasteiger partial charge in [0.25, 0.3) is 0 Å². The fourth-order valence-corrected chi connectivity index (χ4v) is 4.17. The molecule has 0 aliphatic rings. The van der Waals surface area contributed by atoms with Gasteiger partial charge in [-0.15, -0.1) is 11.3 Å². The zero-order valence-corrected chi connectivity index (χ0v) is 18.5. The van der Waals surface area contributed by atoms with E-state index in [0.717, 1.165) is 22.3 Å². The number of nitrogens with zero attached hydrogens (tertiary/aromatic N) is 1. The highest BCUT2D eigenvalue weighted by atomic mass is 32.1. The summed E-state index contributed by atoms with van der Waals surface area (Å²) in [7, 11) is 0. The maximum absolute atomic E-state index is 12.4. The third kappa shape index (κ3) is 5.37. The number of aromatic nitrogens is 1. The first-order valence-electron chi connectivity index (χ1n) is 9.82. The molecule has 0 aliphatic heterocycles. The molecule has 31 heavy (non-hydrogen) atoms. The molecule has 7 heteroatoms. The molecule has 0 radical (unpaired) electrons. The van der Waals surface area contributed by atoms with Crippen molar-refractivity contribution in [1.29, 1.82) is 0 Å². The van der Waals surface area contributed by atoms with Crippen LogP contribution in [0.25, 0.3) is 11.1 Å². The zero-order chi connectivity index (χ0) is 22.6. The summed E-state index contributed by atoms with van der Waals surface area (Å²) in [6.45, 7) is 5.46. The molecule has 1 unspecified atom stereocenters. The van der Waals surface area contributed by atoms with Gasteiger partial charge in [-0.25, -0.2) is 9.78 Å². The van der Waals surface area contributed by atoms with Gasteiger partial charge in [0.15, 0.2) is 0 Å². The molecule has 0 fully saturated rings. The van der Waals surface area contributed by atoms with Gasteiger partial charge in [0.1, 0.15) is 0 Å². The predicted octanol–water partition coefficient (Wildman–Crippen LogP) is 4.77. The molecule has 2 aromatic carbocycles. The third-order valence-electron chi connectivity index (χ3n) is 4.75. The molecular weight excluding hydrogens is 414 g/mol. The number of rotatable bonds is 8. The smallest absolute Gasteiger partial charge is 0.342 e. The molecule has 3 aromatic rings. The van der Waals surface area contributed by atoms with Crippen LogP contribution in [0.2, 0.25) is 0 Å². The van der Waals surface area contributed by atoms with Gasteiger partial charge in [0.05, 0.1) is 23.2 Å². The van der Waals surface area contributed by atoms with E-state index in [4.69, 9.17) is 4.74 Å². The molecule has 0 bridgehead atoms. The van der Waals surface area contributed by atoms with Crippen LogP contribution in [-0.2, 0) is 32.8 Å². The number of aliphatic carboxylic acids is 2. The highest BCUT2D eigenvalue weighted by molar-refractivity contribution is 7.07. The average molecular weight is 440 g/mol. The molecule has 2 N–H and O–H groups in total. The van der Waals surface area contributed by atoms with Gasteiger partial charge in [-0.2, -0.15) is 0 Å². The molecule has 162 valence electrons. The standard InChI is InChI=1S/C24H25NO5S/c1-23(2,3)30-24(22(28)29,20-14-31-15-25-20)13-16-8-10-17(11-9-16)19-7-5-4-6-18(19)12-21(26)27/h4-11,14-15H,12-13H2,1-3H3,(H,26,27)(H,28,29). The summed E-state index contributed by atoms with van der Waals surface area (Å²) in [6, 6.07) is 14.8. The van der Waals surface area contributed by atoms with Crippen molar-refractivity contribution in [3.8, 4) is 11.1 Å². The van der Waals surface area contributed by atoms with Crippen LogP contribution in [0.1, 0.15) is 37.6 Å². The lowest BCUT2D eigenvalue weighted by atomic mass is 9.89. The second-order valence-electron chi connectivity index (χ2n) is 8.32. The number of benzene rings is 2. The van der Waals surface area contributed by atoms with Gasteiger partial charge < -0.3 is 14.9 Å². The molecule has 0 spiro atoms. The molecule has 0 aliphatic carbocycles. The van der Waals surface area contributed by atoms with Gasteiger partial charge >= 0.3 is 11.9 Å². The minimum atomic E-state index is -1.61. The first kappa shape index (κ1) is 22.7. The molecule has 0 saturated heterocycles. The van der Waals surface area contributed by atoms with E-state index in [9.17, 15) is 19.8 Å². The van der Waals surface area contributed by atoms with Crippen molar-refractivity contribution in [2.45, 2.75) is 44.8 Å². The first-order valence-corrected chi connectivity index (χ1v) is 10.8. The van der Waals surface area contributed by atoms with E-state index in [1.165, 1.54) is 11.3 Å². The Labute approximate surface area is 185 Å². The third-order valence-corrected chi connectivity index (χ3v) is 5.34. The Balaban J connectivity index is 1.96. The second-order valence-corrected chi connectivity index (χ2v) is 9.04. The van der Waals surface area contributed by atoms with Gasteiger partial charge in [-0.1, -0.05) is 48.5 Å². The van der Waals surface area contributed by atoms with Crippen molar-refractivity contribution >= 4 is 23.3 Å². The molecule has 1 aromatic heterocycles. The largest absolute Gasteiger partial charge is 0.481 e. The molecule has 6 nitrogen and oxygen atoms in total. The number of thiazole rings is 1. The van der Waals surface area contributed by atoms with Gasteiger partial charge in [-0.3, -0.25) is 4.79 Å². The summed E-state index contributed by atoms with van der Waals surface area (Å²) < 4.78 is 6.09. The van der Waals surface area contributed by atoms with E-state index in [0.29, 0.717) is 5.69 Å². The Morgan fingerprint density at radius 3 is 2.26 bits per heavy atom. The summed E-state index contributed by atoms with van der Waals surface area (Å²) >= 11 is 1.32. The Morgan fingerprint density at radius 1 is 1.03 bits per heavy atom. The topological polar surface area (TPSA) is 96.7 Å². The predicted molar refractivity (Wildman–Crippen MR) is 119 cm³/mol. The average Bonchev–Trinajstić information content (AvgIpc) is 3.22. The van der Waals surface area contributed by atoms with E-state index >= 15 is 0 Å². The summed E-state index contributed by atoms with van der Waals surface area (Å²) in [5, 5.41) is 21.0. The molecule has 0 saturated carbocycles. The lowest BCUT2D eigenvalue weighted by molar-refractivity contribution is -0.188. The fraction of sp³-hybridized carbons (Fsp3) is 0.292. The molecule has 1 atom stereocenters. The lowest BCUT2D eigenvalue weighted by Gasteiger charge is -2.35. The number of carboxylic acids is 2. The minimum absolute atomic E-state index is 0.0662. The van der Waals surface area contributed by atoms with E-state index < -0.39 is 23.1 Å². The summed E-state index contributed by atoms with van der Waals surface area (Å²) in [6.07, 6.45) is 0.0453. The number of carbonyl (C=O) groups is 2. The van der Waals surface area contributed by atoms with Crippen LogP contribution in [0.3, 0.4) is 0 Å². The summed E-state index contributed by atoms with van der Waals surface area (Å²) in [4.78, 5) is 27.9. The summed E-state index contributed by atoms with van der Waals surface area (Å²) in [5.74, 6) is -1.98. The van der Waals surface area contributed by atoms with Crippen molar-refractivity contribution in [2.75, 3.05) is 0 Å². The highest BCUT2D eigenvalue weighted by Gasteiger charge is 2.46. The van der Waals surface area contributed by atoms with Gasteiger partial charge in [-0.05, 0) is 43.0 Å². The van der Waals surface area contributed by atoms with Crippen molar-refractivity contribution in [1.82, 2.24) is 4.98 Å². The van der Waals surface area contributed by atoms with Crippen LogP contribution in [0.5, 0.6) is 0 Å². The summed E-state index contributed by atoms with van der Waals surface area (Å²) in [5.41, 5.74) is 2.87. The number of hydrogen-bond acceptors (Lipinski definition) is 5. The first-order chi connectivity index (χ1) is 14.6. The van der Waals surface area contributed by atoms with Crippen LogP contribution < -0.4 is 0 Å². The van der Waals surface area contributed by atoms with Crippen molar-refractivity contribution in [3.05, 3.63) is 76.2 Å². The molecular formula is C24H25NO5S. The highest BCUT2D eigenvalue weighted by Crippen LogP contribution is 2.35. The van der Waals surface area contributed by atoms with Crippen LogP contribution >= 0.6 is 11.3 Å². The SMILES string of the molecule is CC(C)(C)OC(Cc1ccc(-c2ccccc2CC(=O)O)cc1)(C(=O)O)c1cscn1. The number of carboxylic acid groups (broad SMARTS) is 2. The maximum atomic E-state index is 12.4. The Morgan fingerprint density at radius 2 is 1.71 bits per heavy atom. The number of hydrogen-bond donors (Lipinski definition) is 2. The van der Waals surface area contributed by atoms with Crippen LogP contribution in [-0.4, -0.2) is 32.7 Å². The van der Waals surface area contributed by atoms with E-state index in [1.807, 2.05) is 63.2 Å². The van der Waals surface area contributed by atoms with Gasteiger partial charge in [0.2, 0.25) is 5.60 Å². The molecule has 3 rings (SSSR count). The van der Waals surface area contributed by atoms with Crippen LogP contribution in [0.15, 0.2) is 59.4 Å².